The Balaban J connectivity index is 2.98. The van der Waals surface area contributed by atoms with Crippen molar-refractivity contribution >= 4 is 0 Å². The molecule has 0 saturated carbocycles. The Morgan fingerprint density at radius 1 is 1.50 bits per heavy atom. The monoisotopic (exact) mass is 186 g/mol. The van der Waals surface area contributed by atoms with Crippen LogP contribution in [0.1, 0.15) is 25.1 Å². The number of nitriles is 1. The maximum absolute atomic E-state index is 9.35. The zero-order valence-electron chi connectivity index (χ0n) is 8.07. The van der Waals surface area contributed by atoms with Crippen molar-refractivity contribution in [3.63, 3.8) is 0 Å². The van der Waals surface area contributed by atoms with E-state index in [-0.39, 0.29) is 0 Å². The van der Waals surface area contributed by atoms with Gasteiger partial charge in [-0.25, -0.2) is 4.98 Å². The van der Waals surface area contributed by atoms with E-state index in [9.17, 15) is 5.11 Å². The predicted molar refractivity (Wildman–Crippen MR) is 52.1 cm³/mol. The third-order valence-electron chi connectivity index (χ3n) is 1.39. The summed E-state index contributed by atoms with van der Waals surface area (Å²) in [5.74, 6) is 5.43. The van der Waals surface area contributed by atoms with Crippen LogP contribution in [0.3, 0.4) is 0 Å². The topological polar surface area (TPSA) is 56.9 Å². The number of pyridine rings is 1. The van der Waals surface area contributed by atoms with Crippen LogP contribution in [0.2, 0.25) is 0 Å². The Morgan fingerprint density at radius 2 is 2.21 bits per heavy atom. The van der Waals surface area contributed by atoms with E-state index in [1.807, 2.05) is 6.07 Å². The minimum atomic E-state index is -1.02. The lowest BCUT2D eigenvalue weighted by molar-refractivity contribution is 0.143. The quantitative estimate of drug-likeness (QED) is 0.617. The van der Waals surface area contributed by atoms with E-state index in [0.29, 0.717) is 11.3 Å². The highest BCUT2D eigenvalue weighted by atomic mass is 16.3. The van der Waals surface area contributed by atoms with Crippen molar-refractivity contribution in [2.45, 2.75) is 19.4 Å². The van der Waals surface area contributed by atoms with Gasteiger partial charge in [0.05, 0.1) is 0 Å². The molecule has 0 atom stereocenters. The van der Waals surface area contributed by atoms with Crippen molar-refractivity contribution in [2.75, 3.05) is 0 Å². The van der Waals surface area contributed by atoms with Gasteiger partial charge in [-0.2, -0.15) is 5.26 Å². The lowest BCUT2D eigenvalue weighted by atomic mass is 10.1. The molecule has 1 aromatic heterocycles. The van der Waals surface area contributed by atoms with Crippen LogP contribution in [-0.2, 0) is 0 Å². The highest BCUT2D eigenvalue weighted by Crippen LogP contribution is 2.01. The predicted octanol–water partition coefficient (Wildman–Crippen LogP) is 1.08. The molecule has 0 fully saturated rings. The SMILES string of the molecule is CC(C)(O)C#Cc1ccnc(C#N)c1. The van der Waals surface area contributed by atoms with E-state index < -0.39 is 5.60 Å². The minimum Gasteiger partial charge on any atom is -0.378 e. The largest absolute Gasteiger partial charge is 0.378 e. The van der Waals surface area contributed by atoms with Crippen LogP contribution in [-0.4, -0.2) is 15.7 Å². The summed E-state index contributed by atoms with van der Waals surface area (Å²) in [6, 6.07) is 5.20. The second-order valence-electron chi connectivity index (χ2n) is 3.35. The number of nitrogens with zero attached hydrogens (tertiary/aromatic N) is 2. The van der Waals surface area contributed by atoms with E-state index in [1.165, 1.54) is 6.20 Å². The molecular weight excluding hydrogens is 176 g/mol. The highest BCUT2D eigenvalue weighted by molar-refractivity contribution is 5.38. The van der Waals surface area contributed by atoms with Crippen LogP contribution in [0.5, 0.6) is 0 Å². The molecule has 0 spiro atoms. The smallest absolute Gasteiger partial charge is 0.141 e. The number of aliphatic hydroxyl groups is 1. The first-order chi connectivity index (χ1) is 6.51. The third kappa shape index (κ3) is 3.26. The maximum Gasteiger partial charge on any atom is 0.141 e. The van der Waals surface area contributed by atoms with Crippen LogP contribution in [0.25, 0.3) is 0 Å². The molecule has 0 aromatic carbocycles. The molecule has 3 nitrogen and oxygen atoms in total. The van der Waals surface area contributed by atoms with Gasteiger partial charge in [0, 0.05) is 11.8 Å². The molecule has 0 aliphatic carbocycles. The molecule has 1 N–H and O–H groups in total. The number of rotatable bonds is 0. The van der Waals surface area contributed by atoms with Gasteiger partial charge in [-0.1, -0.05) is 11.8 Å². The van der Waals surface area contributed by atoms with E-state index >= 15 is 0 Å². The van der Waals surface area contributed by atoms with Gasteiger partial charge in [0.2, 0.25) is 0 Å². The summed E-state index contributed by atoms with van der Waals surface area (Å²) in [6.45, 7) is 3.21. The van der Waals surface area contributed by atoms with Gasteiger partial charge >= 0.3 is 0 Å². The summed E-state index contributed by atoms with van der Waals surface area (Å²) in [6.07, 6.45) is 1.52. The van der Waals surface area contributed by atoms with Gasteiger partial charge in [-0.15, -0.1) is 0 Å². The van der Waals surface area contributed by atoms with Crippen molar-refractivity contribution in [3.05, 3.63) is 29.6 Å². The van der Waals surface area contributed by atoms with Gasteiger partial charge in [-0.3, -0.25) is 0 Å². The molecule has 70 valence electrons. The molecule has 0 amide bonds. The summed E-state index contributed by atoms with van der Waals surface area (Å²) >= 11 is 0. The summed E-state index contributed by atoms with van der Waals surface area (Å²) in [5, 5.41) is 17.9. The molecule has 0 bridgehead atoms. The zero-order valence-corrected chi connectivity index (χ0v) is 8.07. The summed E-state index contributed by atoms with van der Waals surface area (Å²) < 4.78 is 0. The maximum atomic E-state index is 9.35. The molecule has 1 heterocycles. The van der Waals surface area contributed by atoms with Crippen molar-refractivity contribution < 1.29 is 5.11 Å². The van der Waals surface area contributed by atoms with E-state index in [0.717, 1.165) is 0 Å². The minimum absolute atomic E-state index is 0.326. The average molecular weight is 186 g/mol. The van der Waals surface area contributed by atoms with E-state index in [2.05, 4.69) is 16.8 Å². The fourth-order valence-electron chi connectivity index (χ4n) is 0.795. The van der Waals surface area contributed by atoms with Crippen LogP contribution in [0.4, 0.5) is 0 Å². The van der Waals surface area contributed by atoms with E-state index in [4.69, 9.17) is 5.26 Å². The summed E-state index contributed by atoms with van der Waals surface area (Å²) in [7, 11) is 0. The molecule has 14 heavy (non-hydrogen) atoms. The Kier molecular flexibility index (Phi) is 2.86. The van der Waals surface area contributed by atoms with Crippen molar-refractivity contribution in [3.8, 4) is 17.9 Å². The van der Waals surface area contributed by atoms with Gasteiger partial charge in [0.15, 0.2) is 0 Å². The average Bonchev–Trinajstić information content (AvgIpc) is 2.14. The van der Waals surface area contributed by atoms with Gasteiger partial charge in [0.25, 0.3) is 0 Å². The van der Waals surface area contributed by atoms with Gasteiger partial charge < -0.3 is 5.11 Å². The van der Waals surface area contributed by atoms with E-state index in [1.54, 1.807) is 26.0 Å². The van der Waals surface area contributed by atoms with Crippen LogP contribution in [0.15, 0.2) is 18.3 Å². The summed E-state index contributed by atoms with van der Waals surface area (Å²) in [5.41, 5.74) is -0.0120. The normalized spacial score (nSPS) is 9.86. The van der Waals surface area contributed by atoms with Gasteiger partial charge in [-0.05, 0) is 26.0 Å². The first kappa shape index (κ1) is 10.2. The molecule has 3 heteroatoms. The van der Waals surface area contributed by atoms with Crippen LogP contribution < -0.4 is 0 Å². The second-order valence-corrected chi connectivity index (χ2v) is 3.35. The Labute approximate surface area is 83.0 Å². The lowest BCUT2D eigenvalue weighted by Crippen LogP contribution is -2.14. The molecule has 0 aliphatic heterocycles. The molecule has 0 saturated heterocycles. The van der Waals surface area contributed by atoms with Crippen molar-refractivity contribution in [2.24, 2.45) is 0 Å². The Morgan fingerprint density at radius 3 is 2.79 bits per heavy atom. The number of hydrogen-bond acceptors (Lipinski definition) is 3. The highest BCUT2D eigenvalue weighted by Gasteiger charge is 2.05. The molecular formula is C11H10N2O. The first-order valence-corrected chi connectivity index (χ1v) is 4.13. The molecule has 1 rings (SSSR count). The molecule has 0 aliphatic rings. The molecule has 0 radical (unpaired) electrons. The Bertz CT molecular complexity index is 427. The molecule has 0 unspecified atom stereocenters. The van der Waals surface area contributed by atoms with Gasteiger partial charge in [0.1, 0.15) is 17.4 Å². The van der Waals surface area contributed by atoms with Crippen LogP contribution >= 0.6 is 0 Å². The number of aromatic nitrogens is 1. The van der Waals surface area contributed by atoms with Crippen LogP contribution in [0, 0.1) is 23.2 Å². The first-order valence-electron chi connectivity index (χ1n) is 4.13. The van der Waals surface area contributed by atoms with Crippen molar-refractivity contribution in [1.82, 2.24) is 4.98 Å². The lowest BCUT2D eigenvalue weighted by Gasteiger charge is -2.05. The summed E-state index contributed by atoms with van der Waals surface area (Å²) in [4.78, 5) is 3.81. The molecule has 1 aromatic rings. The zero-order chi connectivity index (χ0) is 10.6. The fraction of sp³-hybridized carbons (Fsp3) is 0.273. The standard InChI is InChI=1S/C11H10N2O/c1-11(2,14)5-3-9-4-6-13-10(7-9)8-12/h4,6-7,14H,1-2H3. The third-order valence-corrected chi connectivity index (χ3v) is 1.39. The second kappa shape index (κ2) is 3.91. The fourth-order valence-corrected chi connectivity index (χ4v) is 0.795. The number of hydrogen-bond donors (Lipinski definition) is 1. The Hall–Kier alpha value is -1.84. The van der Waals surface area contributed by atoms with Crippen molar-refractivity contribution in [1.29, 1.82) is 5.26 Å².